The number of hydrogen-bond acceptors (Lipinski definition) is 2. The molecule has 1 aromatic carbocycles. The van der Waals surface area contributed by atoms with Gasteiger partial charge < -0.3 is 5.11 Å². The third-order valence-corrected chi connectivity index (χ3v) is 3.71. The highest BCUT2D eigenvalue weighted by atomic mass is 19.4. The maximum absolute atomic E-state index is 12.9. The highest BCUT2D eigenvalue weighted by molar-refractivity contribution is 5.67. The molecule has 0 amide bonds. The minimum absolute atomic E-state index is 0.0352. The molecule has 1 unspecified atom stereocenters. The SMILES string of the molecule is CC(c1ccccc1C(F)(F)F)N1CC(CC(=O)O)C1. The molecule has 1 aliphatic heterocycles. The second-order valence-electron chi connectivity index (χ2n) is 5.18. The first-order valence-corrected chi connectivity index (χ1v) is 6.41. The molecule has 20 heavy (non-hydrogen) atoms. The van der Waals surface area contributed by atoms with Crippen LogP contribution in [0.5, 0.6) is 0 Å². The van der Waals surface area contributed by atoms with Crippen molar-refractivity contribution in [2.75, 3.05) is 13.1 Å². The average molecular weight is 287 g/mol. The molecular weight excluding hydrogens is 271 g/mol. The van der Waals surface area contributed by atoms with E-state index in [0.717, 1.165) is 6.07 Å². The van der Waals surface area contributed by atoms with Gasteiger partial charge in [0.1, 0.15) is 0 Å². The smallest absolute Gasteiger partial charge is 0.416 e. The molecule has 110 valence electrons. The molecule has 1 aromatic rings. The Bertz CT molecular complexity index is 495. The summed E-state index contributed by atoms with van der Waals surface area (Å²) in [5.74, 6) is -0.828. The second kappa shape index (κ2) is 5.44. The Kier molecular flexibility index (Phi) is 4.04. The summed E-state index contributed by atoms with van der Waals surface area (Å²) < 4.78 is 38.8. The highest BCUT2D eigenvalue weighted by Gasteiger charge is 2.38. The van der Waals surface area contributed by atoms with Crippen molar-refractivity contribution in [2.45, 2.75) is 25.6 Å². The molecule has 0 aliphatic carbocycles. The zero-order valence-electron chi connectivity index (χ0n) is 11.0. The molecule has 0 saturated carbocycles. The van der Waals surface area contributed by atoms with E-state index >= 15 is 0 Å². The fraction of sp³-hybridized carbons (Fsp3) is 0.500. The normalized spacial score (nSPS) is 18.6. The van der Waals surface area contributed by atoms with Gasteiger partial charge in [-0.3, -0.25) is 9.69 Å². The number of benzene rings is 1. The number of likely N-dealkylation sites (tertiary alicyclic amines) is 1. The molecule has 0 spiro atoms. The van der Waals surface area contributed by atoms with Crippen molar-refractivity contribution in [1.29, 1.82) is 0 Å². The summed E-state index contributed by atoms with van der Waals surface area (Å²) >= 11 is 0. The highest BCUT2D eigenvalue weighted by Crippen LogP contribution is 2.38. The lowest BCUT2D eigenvalue weighted by atomic mass is 9.91. The Balaban J connectivity index is 2.08. The predicted octanol–water partition coefficient (Wildman–Crippen LogP) is 3.17. The summed E-state index contributed by atoms with van der Waals surface area (Å²) in [5, 5.41) is 8.67. The number of rotatable bonds is 4. The van der Waals surface area contributed by atoms with Crippen LogP contribution in [0.25, 0.3) is 0 Å². The van der Waals surface area contributed by atoms with E-state index in [1.165, 1.54) is 12.1 Å². The van der Waals surface area contributed by atoms with Gasteiger partial charge in [-0.1, -0.05) is 18.2 Å². The van der Waals surface area contributed by atoms with Gasteiger partial charge in [-0.2, -0.15) is 13.2 Å². The summed E-state index contributed by atoms with van der Waals surface area (Å²) in [6.07, 6.45) is -4.29. The first-order chi connectivity index (χ1) is 9.29. The Hall–Kier alpha value is -1.56. The predicted molar refractivity (Wildman–Crippen MR) is 67.2 cm³/mol. The van der Waals surface area contributed by atoms with E-state index in [1.807, 2.05) is 4.90 Å². The molecule has 0 radical (unpaired) electrons. The number of aliphatic carboxylic acids is 1. The molecule has 1 atom stereocenters. The van der Waals surface area contributed by atoms with Gasteiger partial charge in [0.15, 0.2) is 0 Å². The maximum atomic E-state index is 12.9. The Labute approximate surface area is 115 Å². The van der Waals surface area contributed by atoms with Crippen LogP contribution in [-0.2, 0) is 11.0 Å². The van der Waals surface area contributed by atoms with Crippen LogP contribution < -0.4 is 0 Å². The van der Waals surface area contributed by atoms with E-state index in [9.17, 15) is 18.0 Å². The van der Waals surface area contributed by atoms with Crippen molar-refractivity contribution >= 4 is 5.97 Å². The first-order valence-electron chi connectivity index (χ1n) is 6.41. The molecule has 2 rings (SSSR count). The van der Waals surface area contributed by atoms with E-state index in [2.05, 4.69) is 0 Å². The Morgan fingerprint density at radius 3 is 2.55 bits per heavy atom. The zero-order chi connectivity index (χ0) is 14.9. The van der Waals surface area contributed by atoms with Crippen LogP contribution in [0.15, 0.2) is 24.3 Å². The van der Waals surface area contributed by atoms with Gasteiger partial charge in [0.2, 0.25) is 0 Å². The number of carbonyl (C=O) groups is 1. The lowest BCUT2D eigenvalue weighted by Crippen LogP contribution is -2.48. The minimum Gasteiger partial charge on any atom is -0.481 e. The molecule has 1 heterocycles. The molecule has 3 nitrogen and oxygen atoms in total. The number of carboxylic acids is 1. The lowest BCUT2D eigenvalue weighted by Gasteiger charge is -2.43. The van der Waals surface area contributed by atoms with Gasteiger partial charge in [-0.05, 0) is 24.5 Å². The number of carboxylic acid groups (broad SMARTS) is 1. The molecule has 0 aromatic heterocycles. The number of halogens is 3. The van der Waals surface area contributed by atoms with Gasteiger partial charge in [0, 0.05) is 19.1 Å². The van der Waals surface area contributed by atoms with E-state index in [1.54, 1.807) is 13.0 Å². The van der Waals surface area contributed by atoms with Gasteiger partial charge in [0.25, 0.3) is 0 Å². The fourth-order valence-electron chi connectivity index (χ4n) is 2.62. The molecule has 1 aliphatic rings. The third-order valence-electron chi connectivity index (χ3n) is 3.71. The minimum atomic E-state index is -4.36. The van der Waals surface area contributed by atoms with Crippen LogP contribution in [0.4, 0.5) is 13.2 Å². The van der Waals surface area contributed by atoms with Crippen molar-refractivity contribution in [3.63, 3.8) is 0 Å². The summed E-state index contributed by atoms with van der Waals surface area (Å²) in [6, 6.07) is 5.17. The Morgan fingerprint density at radius 2 is 2.00 bits per heavy atom. The first kappa shape index (κ1) is 14.8. The molecule has 1 N–H and O–H groups in total. The molecule has 0 bridgehead atoms. The quantitative estimate of drug-likeness (QED) is 0.924. The van der Waals surface area contributed by atoms with Crippen LogP contribution in [0.2, 0.25) is 0 Å². The summed E-state index contributed by atoms with van der Waals surface area (Å²) in [6.45, 7) is 2.78. The van der Waals surface area contributed by atoms with Gasteiger partial charge >= 0.3 is 12.1 Å². The summed E-state index contributed by atoms with van der Waals surface area (Å²) in [5.41, 5.74) is -0.372. The molecule has 6 heteroatoms. The number of alkyl halides is 3. The summed E-state index contributed by atoms with van der Waals surface area (Å²) in [4.78, 5) is 12.4. The molecule has 1 saturated heterocycles. The van der Waals surface area contributed by atoms with E-state index in [0.29, 0.717) is 13.1 Å². The van der Waals surface area contributed by atoms with Crippen LogP contribution in [0, 0.1) is 5.92 Å². The summed E-state index contributed by atoms with van der Waals surface area (Å²) in [7, 11) is 0. The number of nitrogens with zero attached hydrogens (tertiary/aromatic N) is 1. The van der Waals surface area contributed by atoms with Crippen molar-refractivity contribution in [2.24, 2.45) is 5.92 Å². The third kappa shape index (κ3) is 3.12. The van der Waals surface area contributed by atoms with Crippen LogP contribution in [0.1, 0.15) is 30.5 Å². The average Bonchev–Trinajstić information content (AvgIpc) is 2.31. The molecular formula is C14H16F3NO2. The molecule has 1 fully saturated rings. The van der Waals surface area contributed by atoms with Gasteiger partial charge in [0.05, 0.1) is 12.0 Å². The largest absolute Gasteiger partial charge is 0.481 e. The van der Waals surface area contributed by atoms with Crippen molar-refractivity contribution in [3.05, 3.63) is 35.4 Å². The van der Waals surface area contributed by atoms with Crippen molar-refractivity contribution in [1.82, 2.24) is 4.90 Å². The topological polar surface area (TPSA) is 40.5 Å². The fourth-order valence-corrected chi connectivity index (χ4v) is 2.62. The van der Waals surface area contributed by atoms with Gasteiger partial charge in [-0.15, -0.1) is 0 Å². The Morgan fingerprint density at radius 1 is 1.40 bits per heavy atom. The zero-order valence-corrected chi connectivity index (χ0v) is 11.0. The number of hydrogen-bond donors (Lipinski definition) is 1. The van der Waals surface area contributed by atoms with E-state index < -0.39 is 17.7 Å². The monoisotopic (exact) mass is 287 g/mol. The van der Waals surface area contributed by atoms with Crippen molar-refractivity contribution in [3.8, 4) is 0 Å². The van der Waals surface area contributed by atoms with Gasteiger partial charge in [-0.25, -0.2) is 0 Å². The maximum Gasteiger partial charge on any atom is 0.416 e. The van der Waals surface area contributed by atoms with Crippen molar-refractivity contribution < 1.29 is 23.1 Å². The standard InChI is InChI=1S/C14H16F3NO2/c1-9(18-7-10(8-18)6-13(19)20)11-4-2-3-5-12(11)14(15,16)17/h2-5,9-10H,6-8H2,1H3,(H,19,20). The van der Waals surface area contributed by atoms with Crippen LogP contribution in [-0.4, -0.2) is 29.1 Å². The lowest BCUT2D eigenvalue weighted by molar-refractivity contribution is -0.140. The van der Waals surface area contributed by atoms with E-state index in [4.69, 9.17) is 5.11 Å². The second-order valence-corrected chi connectivity index (χ2v) is 5.18. The van der Waals surface area contributed by atoms with E-state index in [-0.39, 0.29) is 23.9 Å². The van der Waals surface area contributed by atoms with Crippen LogP contribution >= 0.6 is 0 Å². The van der Waals surface area contributed by atoms with Crippen LogP contribution in [0.3, 0.4) is 0 Å².